The minimum absolute atomic E-state index is 0.302. The maximum atomic E-state index is 6.13. The molecule has 0 amide bonds. The smallest absolute Gasteiger partial charge is 0.224 e. The van der Waals surface area contributed by atoms with Crippen LogP contribution in [0.15, 0.2) is 0 Å². The van der Waals surface area contributed by atoms with E-state index in [0.717, 1.165) is 24.0 Å². The second-order valence-electron chi connectivity index (χ2n) is 5.41. The Kier molecular flexibility index (Phi) is 3.06. The Hall–Kier alpha value is -1.03. The van der Waals surface area contributed by atoms with E-state index in [1.807, 2.05) is 6.92 Å². The first kappa shape index (κ1) is 12.0. The summed E-state index contributed by atoms with van der Waals surface area (Å²) in [6.07, 6.45) is 6.54. The lowest BCUT2D eigenvalue weighted by atomic mass is 9.85. The molecule has 18 heavy (non-hydrogen) atoms. The summed E-state index contributed by atoms with van der Waals surface area (Å²) < 4.78 is 0. The van der Waals surface area contributed by atoms with Gasteiger partial charge in [0.2, 0.25) is 5.28 Å². The molecule has 1 saturated carbocycles. The Morgan fingerprint density at radius 3 is 2.83 bits per heavy atom. The first-order valence-corrected chi connectivity index (χ1v) is 7.11. The van der Waals surface area contributed by atoms with Gasteiger partial charge in [-0.05, 0) is 43.7 Å². The summed E-state index contributed by atoms with van der Waals surface area (Å²) in [5.41, 5.74) is 7.60. The number of aromatic nitrogens is 2. The molecule has 1 aliphatic carbocycles. The molecule has 1 aromatic rings. The molecular weight excluding hydrogens is 248 g/mol. The molecule has 3 rings (SSSR count). The fraction of sp³-hybridized carbons (Fsp3) is 0.692. The van der Waals surface area contributed by atoms with Crippen molar-refractivity contribution in [1.82, 2.24) is 9.97 Å². The Morgan fingerprint density at radius 2 is 2.00 bits per heavy atom. The molecule has 0 spiro atoms. The molecule has 1 saturated heterocycles. The number of nitrogen functional groups attached to an aromatic ring is 1. The van der Waals surface area contributed by atoms with Crippen molar-refractivity contribution in [2.24, 2.45) is 5.92 Å². The van der Waals surface area contributed by atoms with E-state index in [9.17, 15) is 0 Å². The van der Waals surface area contributed by atoms with Crippen LogP contribution in [-0.2, 0) is 0 Å². The Morgan fingerprint density at radius 1 is 1.22 bits per heavy atom. The molecule has 0 bridgehead atoms. The molecule has 2 atom stereocenters. The molecule has 0 radical (unpaired) electrons. The first-order chi connectivity index (χ1) is 8.66. The molecular formula is C13H19ClN4. The molecule has 2 aliphatic rings. The lowest BCUT2D eigenvalue weighted by Gasteiger charge is -2.33. The highest BCUT2D eigenvalue weighted by atomic mass is 35.5. The Labute approximate surface area is 113 Å². The van der Waals surface area contributed by atoms with Crippen molar-refractivity contribution in [3.8, 4) is 0 Å². The van der Waals surface area contributed by atoms with Crippen molar-refractivity contribution in [2.45, 2.75) is 45.1 Å². The van der Waals surface area contributed by atoms with E-state index in [-0.39, 0.29) is 0 Å². The maximum absolute atomic E-state index is 6.13. The van der Waals surface area contributed by atoms with Crippen molar-refractivity contribution >= 4 is 23.1 Å². The van der Waals surface area contributed by atoms with Gasteiger partial charge in [-0.15, -0.1) is 0 Å². The highest BCUT2D eigenvalue weighted by Crippen LogP contribution is 2.40. The third kappa shape index (κ3) is 1.92. The third-order valence-corrected chi connectivity index (χ3v) is 4.54. The number of hydrogen-bond donors (Lipinski definition) is 1. The second-order valence-corrected chi connectivity index (χ2v) is 5.75. The van der Waals surface area contributed by atoms with Crippen LogP contribution < -0.4 is 10.6 Å². The highest BCUT2D eigenvalue weighted by molar-refractivity contribution is 6.28. The molecule has 1 aliphatic heterocycles. The van der Waals surface area contributed by atoms with Gasteiger partial charge in [0.25, 0.3) is 0 Å². The number of fused-ring (bicyclic) bond motifs is 1. The minimum atomic E-state index is 0.302. The summed E-state index contributed by atoms with van der Waals surface area (Å²) in [7, 11) is 0. The lowest BCUT2D eigenvalue weighted by Crippen LogP contribution is -2.36. The van der Waals surface area contributed by atoms with Crippen LogP contribution in [0.25, 0.3) is 0 Å². The van der Waals surface area contributed by atoms with Gasteiger partial charge in [-0.1, -0.05) is 12.8 Å². The van der Waals surface area contributed by atoms with E-state index < -0.39 is 0 Å². The molecule has 98 valence electrons. The van der Waals surface area contributed by atoms with Gasteiger partial charge in [-0.25, -0.2) is 4.98 Å². The number of hydrogen-bond acceptors (Lipinski definition) is 4. The van der Waals surface area contributed by atoms with Gasteiger partial charge in [0.05, 0.1) is 11.4 Å². The highest BCUT2D eigenvalue weighted by Gasteiger charge is 2.37. The van der Waals surface area contributed by atoms with Gasteiger partial charge in [0.1, 0.15) is 0 Å². The summed E-state index contributed by atoms with van der Waals surface area (Å²) >= 11 is 5.97. The van der Waals surface area contributed by atoms with Crippen LogP contribution in [0.2, 0.25) is 5.28 Å². The topological polar surface area (TPSA) is 55.0 Å². The first-order valence-electron chi connectivity index (χ1n) is 6.73. The van der Waals surface area contributed by atoms with E-state index in [0.29, 0.717) is 17.0 Å². The number of aryl methyl sites for hydroxylation is 1. The van der Waals surface area contributed by atoms with Crippen LogP contribution >= 0.6 is 11.6 Å². The average molecular weight is 267 g/mol. The monoisotopic (exact) mass is 266 g/mol. The number of halogens is 1. The van der Waals surface area contributed by atoms with Crippen LogP contribution in [0.3, 0.4) is 0 Å². The number of nitrogens with zero attached hydrogens (tertiary/aromatic N) is 3. The zero-order valence-electron chi connectivity index (χ0n) is 10.7. The quantitative estimate of drug-likeness (QED) is 0.794. The number of anilines is 2. The van der Waals surface area contributed by atoms with Crippen molar-refractivity contribution < 1.29 is 0 Å². The molecule has 2 fully saturated rings. The van der Waals surface area contributed by atoms with Crippen molar-refractivity contribution in [3.05, 3.63) is 11.0 Å². The van der Waals surface area contributed by atoms with Gasteiger partial charge in [-0.3, -0.25) is 0 Å². The van der Waals surface area contributed by atoms with Crippen molar-refractivity contribution in [2.75, 3.05) is 17.2 Å². The SMILES string of the molecule is Cc1nc(Cl)nc(N2CCC3CCCCC32)c1N. The van der Waals surface area contributed by atoms with Crippen LogP contribution in [0, 0.1) is 12.8 Å². The van der Waals surface area contributed by atoms with Gasteiger partial charge in [0.15, 0.2) is 5.82 Å². The van der Waals surface area contributed by atoms with E-state index in [4.69, 9.17) is 17.3 Å². The summed E-state index contributed by atoms with van der Waals surface area (Å²) in [5, 5.41) is 0.302. The minimum Gasteiger partial charge on any atom is -0.394 e. The van der Waals surface area contributed by atoms with Gasteiger partial charge < -0.3 is 10.6 Å². The molecule has 1 aromatic heterocycles. The summed E-state index contributed by atoms with van der Waals surface area (Å²) in [5.74, 6) is 1.66. The van der Waals surface area contributed by atoms with Crippen molar-refractivity contribution in [3.63, 3.8) is 0 Å². The standard InChI is InChI=1S/C13H19ClN4/c1-8-11(15)12(17-13(14)16-8)18-7-6-9-4-2-3-5-10(9)18/h9-10H,2-7,15H2,1H3. The predicted molar refractivity (Wildman–Crippen MR) is 73.9 cm³/mol. The molecule has 2 unspecified atom stereocenters. The average Bonchev–Trinajstić information content (AvgIpc) is 2.77. The zero-order valence-corrected chi connectivity index (χ0v) is 11.5. The normalized spacial score (nSPS) is 27.3. The lowest BCUT2D eigenvalue weighted by molar-refractivity contribution is 0.341. The third-order valence-electron chi connectivity index (χ3n) is 4.37. The van der Waals surface area contributed by atoms with E-state index in [2.05, 4.69) is 14.9 Å². The Balaban J connectivity index is 1.95. The van der Waals surface area contributed by atoms with E-state index in [1.54, 1.807) is 0 Å². The van der Waals surface area contributed by atoms with Crippen molar-refractivity contribution in [1.29, 1.82) is 0 Å². The van der Waals surface area contributed by atoms with Gasteiger partial charge in [-0.2, -0.15) is 4.98 Å². The largest absolute Gasteiger partial charge is 0.394 e. The van der Waals surface area contributed by atoms with Gasteiger partial charge >= 0.3 is 0 Å². The molecule has 5 heteroatoms. The fourth-order valence-electron chi connectivity index (χ4n) is 3.42. The molecule has 2 heterocycles. The van der Waals surface area contributed by atoms with Crippen LogP contribution in [0.4, 0.5) is 11.5 Å². The Bertz CT molecular complexity index is 463. The van der Waals surface area contributed by atoms with Crippen LogP contribution in [-0.4, -0.2) is 22.6 Å². The zero-order chi connectivity index (χ0) is 12.7. The number of nitrogens with two attached hydrogens (primary N) is 1. The van der Waals surface area contributed by atoms with Crippen LogP contribution in [0.5, 0.6) is 0 Å². The summed E-state index contributed by atoms with van der Waals surface area (Å²) in [6, 6.07) is 0.603. The maximum Gasteiger partial charge on any atom is 0.224 e. The molecule has 4 nitrogen and oxygen atoms in total. The van der Waals surface area contributed by atoms with E-state index >= 15 is 0 Å². The van der Waals surface area contributed by atoms with E-state index in [1.165, 1.54) is 32.1 Å². The van der Waals surface area contributed by atoms with Gasteiger partial charge in [0, 0.05) is 12.6 Å². The summed E-state index contributed by atoms with van der Waals surface area (Å²) in [4.78, 5) is 10.8. The number of rotatable bonds is 1. The fourth-order valence-corrected chi connectivity index (χ4v) is 3.63. The summed E-state index contributed by atoms with van der Waals surface area (Å²) in [6.45, 7) is 2.94. The van der Waals surface area contributed by atoms with Crippen LogP contribution in [0.1, 0.15) is 37.8 Å². The molecule has 2 N–H and O–H groups in total. The second kappa shape index (κ2) is 4.57. The predicted octanol–water partition coefficient (Wildman–Crippen LogP) is 2.79. The molecule has 0 aromatic carbocycles.